The summed E-state index contributed by atoms with van der Waals surface area (Å²) < 4.78 is 19.2. The maximum atomic E-state index is 14.2. The predicted octanol–water partition coefficient (Wildman–Crippen LogP) is 3.69. The number of anilines is 1. The molecule has 1 aliphatic carbocycles. The van der Waals surface area contributed by atoms with Gasteiger partial charge in [0.2, 0.25) is 0 Å². The van der Waals surface area contributed by atoms with Crippen LogP contribution in [0.1, 0.15) is 24.0 Å². The Hall–Kier alpha value is -2.89. The third-order valence-electron chi connectivity index (χ3n) is 4.10. The van der Waals surface area contributed by atoms with Gasteiger partial charge in [-0.15, -0.1) is 0 Å². The Morgan fingerprint density at radius 3 is 2.46 bits per heavy atom. The molecule has 0 aromatic heterocycles. The molecular weight excluding hydrogens is 313 g/mol. The lowest BCUT2D eigenvalue weighted by Crippen LogP contribution is -2.21. The summed E-state index contributed by atoms with van der Waals surface area (Å²) in [6.07, 6.45) is 0.140. The number of carbonyl (C=O) groups is 2. The lowest BCUT2D eigenvalue weighted by atomic mass is 9.95. The van der Waals surface area contributed by atoms with Crippen molar-refractivity contribution >= 4 is 17.7 Å². The number of halogens is 1. The van der Waals surface area contributed by atoms with E-state index in [1.807, 2.05) is 30.3 Å². The number of ether oxygens (including phenoxy) is 1. The van der Waals surface area contributed by atoms with E-state index in [0.29, 0.717) is 12.8 Å². The minimum absolute atomic E-state index is 0.107. The fraction of sp³-hybridized carbons (Fsp3) is 0.222. The van der Waals surface area contributed by atoms with Crippen molar-refractivity contribution in [1.29, 1.82) is 0 Å². The Morgan fingerprint density at radius 2 is 1.88 bits per heavy atom. The fourth-order valence-electron chi connectivity index (χ4n) is 2.58. The molecule has 0 aliphatic heterocycles. The highest BCUT2D eigenvalue weighted by molar-refractivity contribution is 5.87. The van der Waals surface area contributed by atoms with Gasteiger partial charge in [-0.25, -0.2) is 9.18 Å². The summed E-state index contributed by atoms with van der Waals surface area (Å²) in [5.74, 6) is -1.67. The summed E-state index contributed by atoms with van der Waals surface area (Å²) in [4.78, 5) is 23.0. The van der Waals surface area contributed by atoms with Crippen LogP contribution >= 0.6 is 0 Å². The van der Waals surface area contributed by atoms with Gasteiger partial charge in [-0.05, 0) is 30.5 Å². The normalized spacial score (nSPS) is 14.7. The molecule has 0 saturated heterocycles. The van der Waals surface area contributed by atoms with Gasteiger partial charge in [-0.1, -0.05) is 36.4 Å². The number of amides is 1. The Balaban J connectivity index is 1.63. The first-order valence-corrected chi connectivity index (χ1v) is 7.52. The Labute approximate surface area is 138 Å². The molecule has 124 valence electrons. The van der Waals surface area contributed by atoms with Gasteiger partial charge < -0.3 is 9.84 Å². The molecule has 0 heterocycles. The third kappa shape index (κ3) is 3.22. The number of rotatable bonds is 5. The van der Waals surface area contributed by atoms with Crippen LogP contribution in [0.2, 0.25) is 0 Å². The molecule has 2 N–H and O–H groups in total. The van der Waals surface area contributed by atoms with E-state index in [0.717, 1.165) is 11.6 Å². The molecule has 0 unspecified atom stereocenters. The second-order valence-corrected chi connectivity index (χ2v) is 5.77. The maximum absolute atomic E-state index is 14.2. The summed E-state index contributed by atoms with van der Waals surface area (Å²) in [6.45, 7) is 0.107. The van der Waals surface area contributed by atoms with Gasteiger partial charge >= 0.3 is 12.1 Å². The van der Waals surface area contributed by atoms with Gasteiger partial charge in [-0.3, -0.25) is 10.1 Å². The van der Waals surface area contributed by atoms with Gasteiger partial charge in [0, 0.05) is 11.3 Å². The molecule has 1 amide bonds. The highest BCUT2D eigenvalue weighted by atomic mass is 19.1. The number of nitrogens with one attached hydrogen (secondary N) is 1. The lowest BCUT2D eigenvalue weighted by Gasteiger charge is -2.13. The topological polar surface area (TPSA) is 75.6 Å². The van der Waals surface area contributed by atoms with Crippen molar-refractivity contribution in [2.45, 2.75) is 24.9 Å². The van der Waals surface area contributed by atoms with Crippen LogP contribution in [0.15, 0.2) is 48.5 Å². The van der Waals surface area contributed by atoms with Gasteiger partial charge in [0.1, 0.15) is 12.4 Å². The molecule has 0 spiro atoms. The fourth-order valence-corrected chi connectivity index (χ4v) is 2.58. The SMILES string of the molecule is O=C(Nc1ccc(C2(C(=O)O)CC2)c(F)c1)OCc1ccccc1. The van der Waals surface area contributed by atoms with Gasteiger partial charge in [0.05, 0.1) is 5.41 Å². The van der Waals surface area contributed by atoms with E-state index in [2.05, 4.69) is 5.32 Å². The first kappa shape index (κ1) is 16.0. The van der Waals surface area contributed by atoms with E-state index in [1.165, 1.54) is 12.1 Å². The van der Waals surface area contributed by atoms with Crippen molar-refractivity contribution in [2.24, 2.45) is 0 Å². The van der Waals surface area contributed by atoms with Crippen LogP contribution in [0.25, 0.3) is 0 Å². The predicted molar refractivity (Wildman–Crippen MR) is 85.2 cm³/mol. The molecular formula is C18H16FNO4. The van der Waals surface area contributed by atoms with E-state index >= 15 is 0 Å². The monoisotopic (exact) mass is 329 g/mol. The standard InChI is InChI=1S/C18H16FNO4/c19-15-10-13(6-7-14(15)18(8-9-18)16(21)22)20-17(23)24-11-12-4-2-1-3-5-12/h1-7,10H,8-9,11H2,(H,20,23)(H,21,22). The summed E-state index contributed by atoms with van der Waals surface area (Å²) in [7, 11) is 0. The molecule has 5 nitrogen and oxygen atoms in total. The molecule has 1 saturated carbocycles. The second kappa shape index (κ2) is 6.31. The Morgan fingerprint density at radius 1 is 1.17 bits per heavy atom. The van der Waals surface area contributed by atoms with E-state index in [4.69, 9.17) is 4.74 Å². The van der Waals surface area contributed by atoms with E-state index in [-0.39, 0.29) is 17.9 Å². The average Bonchev–Trinajstić information content (AvgIpc) is 3.36. The highest BCUT2D eigenvalue weighted by Crippen LogP contribution is 2.49. The van der Waals surface area contributed by atoms with Crippen LogP contribution in [-0.2, 0) is 21.6 Å². The molecule has 0 bridgehead atoms. The van der Waals surface area contributed by atoms with E-state index in [9.17, 15) is 19.1 Å². The quantitative estimate of drug-likeness (QED) is 0.877. The largest absolute Gasteiger partial charge is 0.481 e. The highest BCUT2D eigenvalue weighted by Gasteiger charge is 2.53. The van der Waals surface area contributed by atoms with Crippen LogP contribution < -0.4 is 5.32 Å². The van der Waals surface area contributed by atoms with Crippen molar-refractivity contribution < 1.29 is 23.8 Å². The number of aliphatic carboxylic acids is 1. The molecule has 0 atom stereocenters. The number of benzene rings is 2. The summed E-state index contributed by atoms with van der Waals surface area (Å²) in [6, 6.07) is 13.2. The van der Waals surface area contributed by atoms with Crippen LogP contribution in [0.3, 0.4) is 0 Å². The van der Waals surface area contributed by atoms with Crippen molar-refractivity contribution in [3.8, 4) is 0 Å². The number of carboxylic acid groups (broad SMARTS) is 1. The Bertz CT molecular complexity index is 772. The van der Waals surface area contributed by atoms with E-state index in [1.54, 1.807) is 0 Å². The second-order valence-electron chi connectivity index (χ2n) is 5.77. The van der Waals surface area contributed by atoms with Gasteiger partial charge in [-0.2, -0.15) is 0 Å². The van der Waals surface area contributed by atoms with Crippen LogP contribution in [0, 0.1) is 5.82 Å². The average molecular weight is 329 g/mol. The maximum Gasteiger partial charge on any atom is 0.411 e. The molecule has 2 aromatic rings. The smallest absolute Gasteiger partial charge is 0.411 e. The molecule has 2 aromatic carbocycles. The lowest BCUT2D eigenvalue weighted by molar-refractivity contribution is -0.140. The first-order chi connectivity index (χ1) is 11.5. The molecule has 3 rings (SSSR count). The minimum Gasteiger partial charge on any atom is -0.481 e. The Kier molecular flexibility index (Phi) is 4.20. The molecule has 1 aliphatic rings. The summed E-state index contributed by atoms with van der Waals surface area (Å²) >= 11 is 0. The van der Waals surface area contributed by atoms with Crippen molar-refractivity contribution in [3.05, 3.63) is 65.5 Å². The van der Waals surface area contributed by atoms with Crippen LogP contribution in [0.5, 0.6) is 0 Å². The number of hydrogen-bond donors (Lipinski definition) is 2. The van der Waals surface area contributed by atoms with Gasteiger partial charge in [0.15, 0.2) is 0 Å². The van der Waals surface area contributed by atoms with E-state index < -0.39 is 23.3 Å². The zero-order chi connectivity index (χ0) is 17.2. The number of carboxylic acids is 1. The molecule has 6 heteroatoms. The zero-order valence-electron chi connectivity index (χ0n) is 12.8. The molecule has 0 radical (unpaired) electrons. The molecule has 24 heavy (non-hydrogen) atoms. The van der Waals surface area contributed by atoms with Gasteiger partial charge in [0.25, 0.3) is 0 Å². The molecule has 1 fully saturated rings. The number of carbonyl (C=O) groups excluding carboxylic acids is 1. The zero-order valence-corrected chi connectivity index (χ0v) is 12.8. The van der Waals surface area contributed by atoms with Crippen molar-refractivity contribution in [3.63, 3.8) is 0 Å². The number of hydrogen-bond acceptors (Lipinski definition) is 3. The van der Waals surface area contributed by atoms with Crippen LogP contribution in [0.4, 0.5) is 14.9 Å². The van der Waals surface area contributed by atoms with Crippen LogP contribution in [-0.4, -0.2) is 17.2 Å². The minimum atomic E-state index is -1.11. The third-order valence-corrected chi connectivity index (χ3v) is 4.10. The van der Waals surface area contributed by atoms with Crippen molar-refractivity contribution in [2.75, 3.05) is 5.32 Å². The summed E-state index contributed by atoms with van der Waals surface area (Å²) in [5, 5.41) is 11.7. The first-order valence-electron chi connectivity index (χ1n) is 7.52. The van der Waals surface area contributed by atoms with Crippen molar-refractivity contribution in [1.82, 2.24) is 0 Å². The summed E-state index contributed by atoms with van der Waals surface area (Å²) in [5.41, 5.74) is 0.0937.